The van der Waals surface area contributed by atoms with E-state index in [1.807, 2.05) is 13.0 Å². The SMILES string of the molecule is CCn1c(CCC(C)O)nc2cc(CN)ccc21. The Morgan fingerprint density at radius 1 is 1.44 bits per heavy atom. The lowest BCUT2D eigenvalue weighted by atomic mass is 10.2. The number of fused-ring (bicyclic) bond motifs is 1. The van der Waals surface area contributed by atoms with Crippen LogP contribution in [0.3, 0.4) is 0 Å². The highest BCUT2D eigenvalue weighted by Crippen LogP contribution is 2.19. The Morgan fingerprint density at radius 2 is 2.22 bits per heavy atom. The molecule has 18 heavy (non-hydrogen) atoms. The Balaban J connectivity index is 2.40. The van der Waals surface area contributed by atoms with Crippen molar-refractivity contribution < 1.29 is 5.11 Å². The van der Waals surface area contributed by atoms with Crippen molar-refractivity contribution in [3.8, 4) is 0 Å². The molecule has 0 amide bonds. The minimum atomic E-state index is -0.283. The molecule has 0 spiro atoms. The highest BCUT2D eigenvalue weighted by Gasteiger charge is 2.10. The van der Waals surface area contributed by atoms with Gasteiger partial charge in [-0.15, -0.1) is 0 Å². The molecule has 0 saturated heterocycles. The van der Waals surface area contributed by atoms with Gasteiger partial charge in [0.05, 0.1) is 17.1 Å². The van der Waals surface area contributed by atoms with Gasteiger partial charge in [-0.3, -0.25) is 0 Å². The van der Waals surface area contributed by atoms with Gasteiger partial charge in [-0.05, 0) is 38.0 Å². The van der Waals surface area contributed by atoms with Crippen LogP contribution in [0.1, 0.15) is 31.7 Å². The summed E-state index contributed by atoms with van der Waals surface area (Å²) in [7, 11) is 0. The summed E-state index contributed by atoms with van der Waals surface area (Å²) in [6, 6.07) is 6.18. The molecule has 0 aliphatic heterocycles. The van der Waals surface area contributed by atoms with E-state index in [0.717, 1.165) is 41.8 Å². The summed E-state index contributed by atoms with van der Waals surface area (Å²) in [4.78, 5) is 4.66. The molecule has 0 radical (unpaired) electrons. The molecule has 3 N–H and O–H groups in total. The quantitative estimate of drug-likeness (QED) is 0.847. The van der Waals surface area contributed by atoms with E-state index in [1.165, 1.54) is 0 Å². The predicted octanol–water partition coefficient (Wildman–Crippen LogP) is 1.83. The number of aliphatic hydroxyl groups excluding tert-OH is 1. The number of nitrogens with two attached hydrogens (primary N) is 1. The first kappa shape index (κ1) is 13.1. The van der Waals surface area contributed by atoms with Gasteiger partial charge in [0, 0.05) is 19.5 Å². The number of aryl methyl sites for hydroxylation is 2. The summed E-state index contributed by atoms with van der Waals surface area (Å²) in [6.45, 7) is 5.36. The first-order valence-corrected chi connectivity index (χ1v) is 6.51. The molecule has 1 atom stereocenters. The van der Waals surface area contributed by atoms with E-state index in [9.17, 15) is 5.11 Å². The maximum absolute atomic E-state index is 9.38. The van der Waals surface area contributed by atoms with Crippen LogP contribution in [0.5, 0.6) is 0 Å². The fraction of sp³-hybridized carbons (Fsp3) is 0.500. The maximum atomic E-state index is 9.38. The first-order chi connectivity index (χ1) is 8.65. The molecule has 4 heteroatoms. The molecule has 1 heterocycles. The summed E-state index contributed by atoms with van der Waals surface area (Å²) in [5.74, 6) is 1.04. The minimum absolute atomic E-state index is 0.283. The van der Waals surface area contributed by atoms with Crippen LogP contribution in [0.15, 0.2) is 18.2 Å². The number of aromatic nitrogens is 2. The Labute approximate surface area is 107 Å². The minimum Gasteiger partial charge on any atom is -0.393 e. The number of hydrogen-bond acceptors (Lipinski definition) is 3. The molecule has 0 aliphatic carbocycles. The van der Waals surface area contributed by atoms with Crippen molar-refractivity contribution in [1.29, 1.82) is 0 Å². The molecule has 1 unspecified atom stereocenters. The number of hydrogen-bond donors (Lipinski definition) is 2. The second-order valence-corrected chi connectivity index (χ2v) is 4.69. The largest absolute Gasteiger partial charge is 0.393 e. The Morgan fingerprint density at radius 3 is 2.83 bits per heavy atom. The second kappa shape index (κ2) is 5.50. The Kier molecular flexibility index (Phi) is 3.99. The van der Waals surface area contributed by atoms with Gasteiger partial charge in [-0.25, -0.2) is 4.98 Å². The third-order valence-corrected chi connectivity index (χ3v) is 3.23. The highest BCUT2D eigenvalue weighted by atomic mass is 16.3. The third kappa shape index (κ3) is 2.54. The summed E-state index contributed by atoms with van der Waals surface area (Å²) in [5, 5.41) is 9.38. The fourth-order valence-corrected chi connectivity index (χ4v) is 2.23. The number of aliphatic hydroxyl groups is 1. The number of rotatable bonds is 5. The predicted molar refractivity (Wildman–Crippen MR) is 73.3 cm³/mol. The molecular weight excluding hydrogens is 226 g/mol. The molecule has 1 aromatic heterocycles. The van der Waals surface area contributed by atoms with Crippen molar-refractivity contribution in [3.63, 3.8) is 0 Å². The summed E-state index contributed by atoms with van der Waals surface area (Å²) >= 11 is 0. The molecule has 0 saturated carbocycles. The molecule has 0 fully saturated rings. The molecule has 2 aromatic rings. The van der Waals surface area contributed by atoms with Gasteiger partial charge in [0.25, 0.3) is 0 Å². The van der Waals surface area contributed by atoms with E-state index >= 15 is 0 Å². The topological polar surface area (TPSA) is 64.1 Å². The first-order valence-electron chi connectivity index (χ1n) is 6.51. The molecule has 4 nitrogen and oxygen atoms in total. The molecule has 2 rings (SSSR count). The Bertz CT molecular complexity index is 531. The van der Waals surface area contributed by atoms with Crippen LogP contribution in [-0.4, -0.2) is 20.8 Å². The summed E-state index contributed by atoms with van der Waals surface area (Å²) in [6.07, 6.45) is 1.26. The van der Waals surface area contributed by atoms with Crippen LogP contribution in [0.2, 0.25) is 0 Å². The van der Waals surface area contributed by atoms with E-state index in [4.69, 9.17) is 5.73 Å². The zero-order valence-electron chi connectivity index (χ0n) is 11.1. The molecule has 98 valence electrons. The molecular formula is C14H21N3O. The molecule has 1 aromatic carbocycles. The van der Waals surface area contributed by atoms with Crippen molar-refractivity contribution in [3.05, 3.63) is 29.6 Å². The average Bonchev–Trinajstić information content (AvgIpc) is 2.72. The zero-order valence-corrected chi connectivity index (χ0v) is 11.1. The lowest BCUT2D eigenvalue weighted by Crippen LogP contribution is -2.07. The summed E-state index contributed by atoms with van der Waals surface area (Å²) < 4.78 is 2.21. The van der Waals surface area contributed by atoms with Gasteiger partial charge < -0.3 is 15.4 Å². The molecule has 0 aliphatic rings. The number of imidazole rings is 1. The van der Waals surface area contributed by atoms with Crippen LogP contribution >= 0.6 is 0 Å². The Hall–Kier alpha value is -1.39. The van der Waals surface area contributed by atoms with Crippen LogP contribution < -0.4 is 5.73 Å². The van der Waals surface area contributed by atoms with Crippen molar-refractivity contribution in [2.24, 2.45) is 5.73 Å². The van der Waals surface area contributed by atoms with Crippen molar-refractivity contribution in [2.75, 3.05) is 0 Å². The van der Waals surface area contributed by atoms with Crippen molar-refractivity contribution >= 4 is 11.0 Å². The van der Waals surface area contributed by atoms with Gasteiger partial charge in [0.2, 0.25) is 0 Å². The van der Waals surface area contributed by atoms with Crippen LogP contribution in [0, 0.1) is 0 Å². The number of benzene rings is 1. The standard InChI is InChI=1S/C14H21N3O/c1-3-17-13-6-5-11(9-15)8-12(13)16-14(17)7-4-10(2)18/h5-6,8,10,18H,3-4,7,9,15H2,1-2H3. The third-order valence-electron chi connectivity index (χ3n) is 3.23. The second-order valence-electron chi connectivity index (χ2n) is 4.69. The monoisotopic (exact) mass is 247 g/mol. The van der Waals surface area contributed by atoms with Gasteiger partial charge in [0.15, 0.2) is 0 Å². The summed E-state index contributed by atoms with van der Waals surface area (Å²) in [5.41, 5.74) is 8.90. The lowest BCUT2D eigenvalue weighted by Gasteiger charge is -2.07. The maximum Gasteiger partial charge on any atom is 0.109 e. The zero-order chi connectivity index (χ0) is 13.1. The van der Waals surface area contributed by atoms with E-state index in [1.54, 1.807) is 0 Å². The van der Waals surface area contributed by atoms with Gasteiger partial charge in [-0.1, -0.05) is 6.07 Å². The average molecular weight is 247 g/mol. The normalized spacial score (nSPS) is 13.1. The van der Waals surface area contributed by atoms with E-state index in [0.29, 0.717) is 6.54 Å². The smallest absolute Gasteiger partial charge is 0.109 e. The highest BCUT2D eigenvalue weighted by molar-refractivity contribution is 5.77. The van der Waals surface area contributed by atoms with Crippen LogP contribution in [0.25, 0.3) is 11.0 Å². The van der Waals surface area contributed by atoms with E-state index < -0.39 is 0 Å². The van der Waals surface area contributed by atoms with Gasteiger partial charge in [-0.2, -0.15) is 0 Å². The van der Waals surface area contributed by atoms with E-state index in [2.05, 4.69) is 28.6 Å². The van der Waals surface area contributed by atoms with Gasteiger partial charge in [0.1, 0.15) is 5.82 Å². The van der Waals surface area contributed by atoms with E-state index in [-0.39, 0.29) is 6.10 Å². The van der Waals surface area contributed by atoms with Crippen LogP contribution in [-0.2, 0) is 19.5 Å². The van der Waals surface area contributed by atoms with Gasteiger partial charge >= 0.3 is 0 Å². The van der Waals surface area contributed by atoms with Crippen molar-refractivity contribution in [1.82, 2.24) is 9.55 Å². The fourth-order valence-electron chi connectivity index (χ4n) is 2.23. The number of nitrogens with zero attached hydrogens (tertiary/aromatic N) is 2. The lowest BCUT2D eigenvalue weighted by molar-refractivity contribution is 0.184. The molecule has 0 bridgehead atoms. The van der Waals surface area contributed by atoms with Crippen molar-refractivity contribution in [2.45, 2.75) is 45.9 Å². The van der Waals surface area contributed by atoms with Crippen LogP contribution in [0.4, 0.5) is 0 Å².